The Morgan fingerprint density at radius 2 is 2.05 bits per heavy atom. The molecule has 1 fully saturated rings. The molecule has 2 unspecified atom stereocenters. The van der Waals surface area contributed by atoms with Crippen LogP contribution in [0.15, 0.2) is 30.4 Å². The molecular formula is C21H31N. The van der Waals surface area contributed by atoms with Crippen molar-refractivity contribution >= 4 is 0 Å². The molecule has 0 amide bonds. The number of unbranched alkanes of at least 4 members (excludes halogenated alkanes) is 1. The first kappa shape index (κ1) is 15.8. The van der Waals surface area contributed by atoms with Gasteiger partial charge in [0.2, 0.25) is 0 Å². The Morgan fingerprint density at radius 1 is 1.14 bits per heavy atom. The summed E-state index contributed by atoms with van der Waals surface area (Å²) < 4.78 is 0. The Hall–Kier alpha value is -1.08. The quantitative estimate of drug-likeness (QED) is 0.749. The SMILES string of the molecule is CCC/C=C/C[C@H]1CCc2cc(C3CCC(N)C3)ccc2C1. The molecule has 1 saturated carbocycles. The van der Waals surface area contributed by atoms with Crippen LogP contribution in [0.1, 0.15) is 74.5 Å². The van der Waals surface area contributed by atoms with Crippen LogP contribution in [0.2, 0.25) is 0 Å². The zero-order valence-corrected chi connectivity index (χ0v) is 14.1. The van der Waals surface area contributed by atoms with Gasteiger partial charge in [-0.15, -0.1) is 0 Å². The molecule has 0 aliphatic heterocycles. The lowest BCUT2D eigenvalue weighted by Gasteiger charge is -2.25. The van der Waals surface area contributed by atoms with E-state index in [0.717, 1.165) is 11.8 Å². The molecule has 120 valence electrons. The number of hydrogen-bond acceptors (Lipinski definition) is 1. The molecule has 2 aliphatic carbocycles. The maximum absolute atomic E-state index is 6.08. The second-order valence-electron chi connectivity index (χ2n) is 7.40. The monoisotopic (exact) mass is 297 g/mol. The molecule has 1 aromatic rings. The fourth-order valence-electron chi connectivity index (χ4n) is 4.20. The third kappa shape index (κ3) is 3.81. The zero-order chi connectivity index (χ0) is 15.4. The summed E-state index contributed by atoms with van der Waals surface area (Å²) in [6, 6.07) is 7.73. The summed E-state index contributed by atoms with van der Waals surface area (Å²) in [6.07, 6.45) is 16.1. The number of aryl methyl sites for hydroxylation is 1. The van der Waals surface area contributed by atoms with Crippen LogP contribution in [-0.2, 0) is 12.8 Å². The third-order valence-electron chi connectivity index (χ3n) is 5.60. The summed E-state index contributed by atoms with van der Waals surface area (Å²) in [5.41, 5.74) is 10.8. The van der Waals surface area contributed by atoms with Gasteiger partial charge in [0.1, 0.15) is 0 Å². The molecule has 22 heavy (non-hydrogen) atoms. The lowest BCUT2D eigenvalue weighted by molar-refractivity contribution is 0.463. The van der Waals surface area contributed by atoms with Gasteiger partial charge in [-0.2, -0.15) is 0 Å². The van der Waals surface area contributed by atoms with E-state index in [2.05, 4.69) is 37.3 Å². The van der Waals surface area contributed by atoms with Gasteiger partial charge in [0, 0.05) is 6.04 Å². The number of rotatable bonds is 5. The molecule has 3 atom stereocenters. The van der Waals surface area contributed by atoms with E-state index in [4.69, 9.17) is 5.73 Å². The average molecular weight is 297 g/mol. The molecule has 1 heteroatoms. The summed E-state index contributed by atoms with van der Waals surface area (Å²) in [5, 5.41) is 0. The van der Waals surface area contributed by atoms with Crippen molar-refractivity contribution in [2.24, 2.45) is 11.7 Å². The van der Waals surface area contributed by atoms with Crippen LogP contribution in [0.25, 0.3) is 0 Å². The van der Waals surface area contributed by atoms with Crippen LogP contribution < -0.4 is 5.73 Å². The Morgan fingerprint density at radius 3 is 2.82 bits per heavy atom. The highest BCUT2D eigenvalue weighted by Crippen LogP contribution is 2.36. The Bertz CT molecular complexity index is 517. The zero-order valence-electron chi connectivity index (χ0n) is 14.1. The number of nitrogens with two attached hydrogens (primary N) is 1. The van der Waals surface area contributed by atoms with Crippen molar-refractivity contribution in [3.63, 3.8) is 0 Å². The van der Waals surface area contributed by atoms with Crippen molar-refractivity contribution in [1.82, 2.24) is 0 Å². The highest BCUT2D eigenvalue weighted by Gasteiger charge is 2.25. The normalized spacial score (nSPS) is 28.2. The predicted molar refractivity (Wildman–Crippen MR) is 95.2 cm³/mol. The molecule has 0 radical (unpaired) electrons. The number of hydrogen-bond donors (Lipinski definition) is 1. The molecular weight excluding hydrogens is 266 g/mol. The van der Waals surface area contributed by atoms with Crippen LogP contribution in [0.5, 0.6) is 0 Å². The van der Waals surface area contributed by atoms with Gasteiger partial charge in [0.05, 0.1) is 0 Å². The fraction of sp³-hybridized carbons (Fsp3) is 0.619. The summed E-state index contributed by atoms with van der Waals surface area (Å²) in [5.74, 6) is 1.57. The standard InChI is InChI=1S/C21H31N/c1-2-3-4-5-6-16-7-8-18-14-19(10-9-17(18)13-16)20-11-12-21(22)15-20/h4-5,9-10,14,16,20-21H,2-3,6-8,11-13,15,22H2,1H3/b5-4+/t16-,20?,21?/m0/s1. The largest absolute Gasteiger partial charge is 0.328 e. The molecule has 0 spiro atoms. The van der Waals surface area contributed by atoms with Crippen molar-refractivity contribution in [1.29, 1.82) is 0 Å². The lowest BCUT2D eigenvalue weighted by atomic mass is 9.80. The predicted octanol–water partition coefficient (Wildman–Crippen LogP) is 5.13. The van der Waals surface area contributed by atoms with Crippen LogP contribution in [0.4, 0.5) is 0 Å². The first-order valence-electron chi connectivity index (χ1n) is 9.28. The fourth-order valence-corrected chi connectivity index (χ4v) is 4.20. The molecule has 1 nitrogen and oxygen atoms in total. The number of allylic oxidation sites excluding steroid dienone is 2. The van der Waals surface area contributed by atoms with Gasteiger partial charge < -0.3 is 5.73 Å². The molecule has 0 heterocycles. The Labute approximate surface area is 136 Å². The highest BCUT2D eigenvalue weighted by atomic mass is 14.6. The first-order valence-corrected chi connectivity index (χ1v) is 9.28. The lowest BCUT2D eigenvalue weighted by Crippen LogP contribution is -2.15. The number of benzene rings is 1. The van der Waals surface area contributed by atoms with Crippen molar-refractivity contribution < 1.29 is 0 Å². The minimum atomic E-state index is 0.431. The summed E-state index contributed by atoms with van der Waals surface area (Å²) in [7, 11) is 0. The van der Waals surface area contributed by atoms with E-state index in [0.29, 0.717) is 6.04 Å². The van der Waals surface area contributed by atoms with Crippen LogP contribution >= 0.6 is 0 Å². The van der Waals surface area contributed by atoms with Crippen LogP contribution in [-0.4, -0.2) is 6.04 Å². The van der Waals surface area contributed by atoms with E-state index >= 15 is 0 Å². The van der Waals surface area contributed by atoms with E-state index in [9.17, 15) is 0 Å². The van der Waals surface area contributed by atoms with Gasteiger partial charge in [-0.05, 0) is 79.9 Å². The molecule has 0 bridgehead atoms. The minimum Gasteiger partial charge on any atom is -0.328 e. The summed E-state index contributed by atoms with van der Waals surface area (Å²) in [6.45, 7) is 2.25. The van der Waals surface area contributed by atoms with E-state index in [1.807, 2.05) is 0 Å². The van der Waals surface area contributed by atoms with Crippen LogP contribution in [0.3, 0.4) is 0 Å². The average Bonchev–Trinajstić information content (AvgIpc) is 2.97. The third-order valence-corrected chi connectivity index (χ3v) is 5.60. The van der Waals surface area contributed by atoms with Crippen molar-refractivity contribution in [2.45, 2.75) is 76.7 Å². The smallest absolute Gasteiger partial charge is 0.00448 e. The maximum atomic E-state index is 6.08. The maximum Gasteiger partial charge on any atom is 0.00448 e. The molecule has 0 aromatic heterocycles. The topological polar surface area (TPSA) is 26.0 Å². The first-order chi connectivity index (χ1) is 10.8. The highest BCUT2D eigenvalue weighted by molar-refractivity contribution is 5.36. The molecule has 0 saturated heterocycles. The number of fused-ring (bicyclic) bond motifs is 1. The molecule has 2 N–H and O–H groups in total. The molecule has 1 aromatic carbocycles. The van der Waals surface area contributed by atoms with Gasteiger partial charge in [-0.3, -0.25) is 0 Å². The molecule has 3 rings (SSSR count). The second-order valence-corrected chi connectivity index (χ2v) is 7.40. The van der Waals surface area contributed by atoms with Crippen LogP contribution in [0, 0.1) is 5.92 Å². The van der Waals surface area contributed by atoms with E-state index < -0.39 is 0 Å². The van der Waals surface area contributed by atoms with E-state index in [-0.39, 0.29) is 0 Å². The van der Waals surface area contributed by atoms with Gasteiger partial charge in [-0.25, -0.2) is 0 Å². The van der Waals surface area contributed by atoms with Gasteiger partial charge >= 0.3 is 0 Å². The summed E-state index contributed by atoms with van der Waals surface area (Å²) in [4.78, 5) is 0. The van der Waals surface area contributed by atoms with Crippen molar-refractivity contribution in [3.8, 4) is 0 Å². The van der Waals surface area contributed by atoms with Crippen molar-refractivity contribution in [3.05, 3.63) is 47.0 Å². The van der Waals surface area contributed by atoms with E-state index in [1.165, 1.54) is 57.8 Å². The Kier molecular flexibility index (Phi) is 5.36. The van der Waals surface area contributed by atoms with Gasteiger partial charge in [0.25, 0.3) is 0 Å². The molecule has 2 aliphatic rings. The van der Waals surface area contributed by atoms with Crippen molar-refractivity contribution in [2.75, 3.05) is 0 Å². The summed E-state index contributed by atoms with van der Waals surface area (Å²) >= 11 is 0. The minimum absolute atomic E-state index is 0.431. The second kappa shape index (κ2) is 7.46. The Balaban J connectivity index is 1.61. The van der Waals surface area contributed by atoms with E-state index in [1.54, 1.807) is 16.7 Å². The van der Waals surface area contributed by atoms with Gasteiger partial charge in [0.15, 0.2) is 0 Å². The van der Waals surface area contributed by atoms with Gasteiger partial charge in [-0.1, -0.05) is 43.7 Å².